The molecule has 6 heteroatoms. The van der Waals surface area contributed by atoms with Crippen LogP contribution in [0.2, 0.25) is 0 Å². The summed E-state index contributed by atoms with van der Waals surface area (Å²) in [6, 6.07) is 7.16. The molecular weight excluding hydrogens is 330 g/mol. The minimum Gasteiger partial charge on any atom is -0.481 e. The monoisotopic (exact) mass is 355 g/mol. The number of unbranched alkanes of at least 4 members (excludes halogenated alkanes) is 1. The Morgan fingerprint density at radius 1 is 1.26 bits per heavy atom. The first-order valence-corrected chi connectivity index (χ1v) is 10.0. The Labute approximate surface area is 146 Å². The van der Waals surface area contributed by atoms with Crippen molar-refractivity contribution in [1.82, 2.24) is 5.32 Å². The highest BCUT2D eigenvalue weighted by Gasteiger charge is 2.21. The number of hydrogen-bond donors (Lipinski definition) is 2. The summed E-state index contributed by atoms with van der Waals surface area (Å²) >= 11 is 3.23. The Morgan fingerprint density at radius 2 is 1.91 bits per heavy atom. The van der Waals surface area contributed by atoms with Crippen LogP contribution in [0.25, 0.3) is 0 Å². The number of carboxylic acids is 1. The van der Waals surface area contributed by atoms with E-state index in [0.29, 0.717) is 0 Å². The number of aliphatic carboxylic acids is 1. The van der Waals surface area contributed by atoms with Gasteiger partial charge in [0.25, 0.3) is 0 Å². The quantitative estimate of drug-likeness (QED) is 0.491. The first-order valence-electron chi connectivity index (χ1n) is 7.75. The fourth-order valence-corrected chi connectivity index (χ4v) is 3.47. The zero-order valence-electron chi connectivity index (χ0n) is 13.9. The second-order valence-electron chi connectivity index (χ2n) is 5.30. The maximum atomic E-state index is 12.3. The maximum Gasteiger partial charge on any atom is 0.305 e. The van der Waals surface area contributed by atoms with Gasteiger partial charge in [0.2, 0.25) is 5.91 Å². The molecule has 2 unspecified atom stereocenters. The van der Waals surface area contributed by atoms with Crippen LogP contribution < -0.4 is 5.32 Å². The number of carbonyl (C=O) groups is 2. The van der Waals surface area contributed by atoms with Gasteiger partial charge in [0.05, 0.1) is 17.7 Å². The molecule has 2 N–H and O–H groups in total. The standard InChI is InChI=1S/C17H25NO3S2/c1-4-5-10-23-12(2)17(21)18-15(11-16(19)20)13-6-8-14(22-3)9-7-13/h6-9,12,15H,4-5,10-11H2,1-3H3,(H,18,21)(H,19,20). The molecule has 1 aromatic carbocycles. The molecule has 0 aliphatic rings. The lowest BCUT2D eigenvalue weighted by Gasteiger charge is -2.20. The second kappa shape index (κ2) is 10.6. The minimum atomic E-state index is -0.921. The van der Waals surface area contributed by atoms with E-state index in [-0.39, 0.29) is 17.6 Å². The first-order chi connectivity index (χ1) is 11.0. The Balaban J connectivity index is 2.73. The van der Waals surface area contributed by atoms with Gasteiger partial charge in [-0.05, 0) is 43.0 Å². The van der Waals surface area contributed by atoms with Gasteiger partial charge in [-0.1, -0.05) is 25.5 Å². The molecule has 1 rings (SSSR count). The van der Waals surface area contributed by atoms with Crippen LogP contribution in [0.1, 0.15) is 44.7 Å². The van der Waals surface area contributed by atoms with Crippen molar-refractivity contribution in [3.63, 3.8) is 0 Å². The number of hydrogen-bond acceptors (Lipinski definition) is 4. The summed E-state index contributed by atoms with van der Waals surface area (Å²) in [5, 5.41) is 11.8. The molecule has 0 aliphatic heterocycles. The molecule has 2 atom stereocenters. The molecule has 1 aromatic rings. The summed E-state index contributed by atoms with van der Waals surface area (Å²) in [5.41, 5.74) is 0.823. The predicted octanol–water partition coefficient (Wildman–Crippen LogP) is 3.96. The fourth-order valence-electron chi connectivity index (χ4n) is 2.03. The van der Waals surface area contributed by atoms with Crippen molar-refractivity contribution in [1.29, 1.82) is 0 Å². The number of rotatable bonds is 10. The van der Waals surface area contributed by atoms with E-state index in [1.165, 1.54) is 0 Å². The number of thioether (sulfide) groups is 2. The highest BCUT2D eigenvalue weighted by atomic mass is 32.2. The van der Waals surface area contributed by atoms with E-state index in [0.717, 1.165) is 29.1 Å². The largest absolute Gasteiger partial charge is 0.481 e. The number of amides is 1. The van der Waals surface area contributed by atoms with E-state index >= 15 is 0 Å². The molecular formula is C17H25NO3S2. The van der Waals surface area contributed by atoms with Gasteiger partial charge in [-0.15, -0.1) is 23.5 Å². The highest BCUT2D eigenvalue weighted by molar-refractivity contribution is 8.00. The lowest BCUT2D eigenvalue weighted by Crippen LogP contribution is -2.35. The molecule has 0 fully saturated rings. The van der Waals surface area contributed by atoms with Crippen molar-refractivity contribution in [3.05, 3.63) is 29.8 Å². The van der Waals surface area contributed by atoms with Crippen molar-refractivity contribution in [2.75, 3.05) is 12.0 Å². The molecule has 0 bridgehead atoms. The molecule has 1 amide bonds. The summed E-state index contributed by atoms with van der Waals surface area (Å²) in [4.78, 5) is 24.5. The predicted molar refractivity (Wildman–Crippen MR) is 98.2 cm³/mol. The van der Waals surface area contributed by atoms with Gasteiger partial charge in [0.1, 0.15) is 0 Å². The van der Waals surface area contributed by atoms with Gasteiger partial charge in [0, 0.05) is 4.90 Å². The van der Waals surface area contributed by atoms with Crippen molar-refractivity contribution in [3.8, 4) is 0 Å². The Morgan fingerprint density at radius 3 is 2.43 bits per heavy atom. The SMILES string of the molecule is CCCCSC(C)C(=O)NC(CC(=O)O)c1ccc(SC)cc1. The van der Waals surface area contributed by atoms with E-state index in [1.807, 2.05) is 37.4 Å². The Kier molecular flexibility index (Phi) is 9.17. The van der Waals surface area contributed by atoms with Gasteiger partial charge < -0.3 is 10.4 Å². The number of benzene rings is 1. The summed E-state index contributed by atoms with van der Waals surface area (Å²) < 4.78 is 0. The van der Waals surface area contributed by atoms with Gasteiger partial charge >= 0.3 is 5.97 Å². The van der Waals surface area contributed by atoms with Gasteiger partial charge in [0.15, 0.2) is 0 Å². The number of nitrogens with one attached hydrogen (secondary N) is 1. The molecule has 0 heterocycles. The number of carbonyl (C=O) groups excluding carboxylic acids is 1. The van der Waals surface area contributed by atoms with Crippen molar-refractivity contribution >= 4 is 35.4 Å². The summed E-state index contributed by atoms with van der Waals surface area (Å²) in [6.45, 7) is 3.98. The molecule has 0 saturated heterocycles. The van der Waals surface area contributed by atoms with Gasteiger partial charge in [-0.2, -0.15) is 0 Å². The van der Waals surface area contributed by atoms with Crippen LogP contribution in [-0.4, -0.2) is 34.2 Å². The third-order valence-corrected chi connectivity index (χ3v) is 5.43. The van der Waals surface area contributed by atoms with Crippen LogP contribution in [0.15, 0.2) is 29.2 Å². The van der Waals surface area contributed by atoms with E-state index in [2.05, 4.69) is 12.2 Å². The Bertz CT molecular complexity index is 505. The maximum absolute atomic E-state index is 12.3. The zero-order valence-corrected chi connectivity index (χ0v) is 15.5. The molecule has 0 aliphatic carbocycles. The molecule has 0 spiro atoms. The Hall–Kier alpha value is -1.14. The van der Waals surface area contributed by atoms with Crippen LogP contribution in [0.4, 0.5) is 0 Å². The smallest absolute Gasteiger partial charge is 0.305 e. The zero-order chi connectivity index (χ0) is 17.2. The molecule has 128 valence electrons. The van der Waals surface area contributed by atoms with Crippen LogP contribution >= 0.6 is 23.5 Å². The first kappa shape index (κ1) is 19.9. The molecule has 23 heavy (non-hydrogen) atoms. The third kappa shape index (κ3) is 7.31. The van der Waals surface area contributed by atoms with Gasteiger partial charge in [-0.3, -0.25) is 9.59 Å². The van der Waals surface area contributed by atoms with Crippen LogP contribution in [0.5, 0.6) is 0 Å². The topological polar surface area (TPSA) is 66.4 Å². The normalized spacial score (nSPS) is 13.3. The van der Waals surface area contributed by atoms with Crippen molar-refractivity contribution in [2.24, 2.45) is 0 Å². The molecule has 0 radical (unpaired) electrons. The van der Waals surface area contributed by atoms with Crippen LogP contribution in [0.3, 0.4) is 0 Å². The van der Waals surface area contributed by atoms with Crippen molar-refractivity contribution < 1.29 is 14.7 Å². The fraction of sp³-hybridized carbons (Fsp3) is 0.529. The lowest BCUT2D eigenvalue weighted by molar-refractivity contribution is -0.137. The molecule has 0 saturated carbocycles. The second-order valence-corrected chi connectivity index (χ2v) is 7.63. The minimum absolute atomic E-state index is 0.105. The third-order valence-electron chi connectivity index (χ3n) is 3.45. The van der Waals surface area contributed by atoms with E-state index in [9.17, 15) is 9.59 Å². The summed E-state index contributed by atoms with van der Waals surface area (Å²) in [5.74, 6) is -0.0845. The van der Waals surface area contributed by atoms with E-state index < -0.39 is 12.0 Å². The summed E-state index contributed by atoms with van der Waals surface area (Å²) in [7, 11) is 0. The number of carboxylic acid groups (broad SMARTS) is 1. The van der Waals surface area contributed by atoms with Crippen LogP contribution in [-0.2, 0) is 9.59 Å². The average molecular weight is 356 g/mol. The van der Waals surface area contributed by atoms with Crippen molar-refractivity contribution in [2.45, 2.75) is 49.3 Å². The van der Waals surface area contributed by atoms with E-state index in [4.69, 9.17) is 5.11 Å². The summed E-state index contributed by atoms with van der Waals surface area (Å²) in [6.07, 6.45) is 4.05. The highest BCUT2D eigenvalue weighted by Crippen LogP contribution is 2.22. The average Bonchev–Trinajstić information content (AvgIpc) is 2.54. The molecule has 4 nitrogen and oxygen atoms in total. The lowest BCUT2D eigenvalue weighted by atomic mass is 10.0. The van der Waals surface area contributed by atoms with Crippen LogP contribution in [0, 0.1) is 0 Å². The van der Waals surface area contributed by atoms with Gasteiger partial charge in [-0.25, -0.2) is 0 Å². The van der Waals surface area contributed by atoms with E-state index in [1.54, 1.807) is 23.5 Å². The molecule has 0 aromatic heterocycles.